The zero-order chi connectivity index (χ0) is 19.8. The number of likely N-dealkylation sites (tertiary alicyclic amines) is 1. The Morgan fingerprint density at radius 3 is 2.64 bits per heavy atom. The van der Waals surface area contributed by atoms with Gasteiger partial charge in [-0.1, -0.05) is 23.2 Å². The van der Waals surface area contributed by atoms with Crippen LogP contribution in [0.5, 0.6) is 0 Å². The van der Waals surface area contributed by atoms with Crippen LogP contribution in [0, 0.1) is 0 Å². The Kier molecular flexibility index (Phi) is 5.34. The van der Waals surface area contributed by atoms with Crippen LogP contribution in [0.15, 0.2) is 24.4 Å². The third-order valence-corrected chi connectivity index (χ3v) is 6.05. The van der Waals surface area contributed by atoms with Crippen molar-refractivity contribution in [1.29, 1.82) is 0 Å². The van der Waals surface area contributed by atoms with E-state index in [4.69, 9.17) is 23.2 Å². The second kappa shape index (κ2) is 7.76. The zero-order valence-corrected chi connectivity index (χ0v) is 17.1. The van der Waals surface area contributed by atoms with Gasteiger partial charge in [-0.2, -0.15) is 5.10 Å². The van der Waals surface area contributed by atoms with Crippen molar-refractivity contribution >= 4 is 35.0 Å². The van der Waals surface area contributed by atoms with Gasteiger partial charge in [0.1, 0.15) is 6.04 Å². The van der Waals surface area contributed by atoms with Gasteiger partial charge in [-0.25, -0.2) is 0 Å². The quantitative estimate of drug-likeness (QED) is 0.825. The molecule has 2 unspecified atom stereocenters. The third-order valence-electron chi connectivity index (χ3n) is 5.62. The Balaban J connectivity index is 1.50. The van der Waals surface area contributed by atoms with Gasteiger partial charge in [0.05, 0.1) is 12.2 Å². The predicted octanol–water partition coefficient (Wildman–Crippen LogP) is 3.53. The Hall–Kier alpha value is -2.05. The monoisotopic (exact) mass is 420 g/mol. The van der Waals surface area contributed by atoms with Gasteiger partial charge in [0, 0.05) is 40.5 Å². The van der Waals surface area contributed by atoms with Gasteiger partial charge in [-0.3, -0.25) is 14.3 Å². The molecule has 0 bridgehead atoms. The second-order valence-corrected chi connectivity index (χ2v) is 8.31. The predicted molar refractivity (Wildman–Crippen MR) is 108 cm³/mol. The van der Waals surface area contributed by atoms with Crippen LogP contribution in [-0.2, 0) is 18.3 Å². The molecule has 1 aromatic carbocycles. The number of carbonyl (C=O) groups is 2. The van der Waals surface area contributed by atoms with Gasteiger partial charge < -0.3 is 10.2 Å². The highest BCUT2D eigenvalue weighted by Crippen LogP contribution is 2.30. The molecule has 2 aromatic rings. The van der Waals surface area contributed by atoms with Crippen LogP contribution in [0.1, 0.15) is 53.3 Å². The van der Waals surface area contributed by atoms with Crippen molar-refractivity contribution in [3.8, 4) is 0 Å². The molecule has 1 saturated heterocycles. The van der Waals surface area contributed by atoms with E-state index in [1.54, 1.807) is 23.1 Å². The molecule has 0 radical (unpaired) electrons. The number of benzene rings is 1. The summed E-state index contributed by atoms with van der Waals surface area (Å²) in [5.41, 5.74) is 2.66. The summed E-state index contributed by atoms with van der Waals surface area (Å²) in [5, 5.41) is 8.29. The van der Waals surface area contributed by atoms with E-state index in [1.165, 1.54) is 5.69 Å². The lowest BCUT2D eigenvalue weighted by Gasteiger charge is -2.28. The molecule has 1 aromatic heterocycles. The van der Waals surface area contributed by atoms with E-state index in [2.05, 4.69) is 10.4 Å². The molecular formula is C20H22Cl2N4O2. The highest BCUT2D eigenvalue weighted by Gasteiger charge is 2.36. The number of fused-ring (bicyclic) bond motifs is 1. The lowest BCUT2D eigenvalue weighted by Crippen LogP contribution is -2.47. The van der Waals surface area contributed by atoms with Crippen molar-refractivity contribution in [1.82, 2.24) is 20.0 Å². The third kappa shape index (κ3) is 3.63. The first-order valence-electron chi connectivity index (χ1n) is 9.52. The summed E-state index contributed by atoms with van der Waals surface area (Å²) < 4.78 is 1.88. The average Bonchev–Trinajstić information content (AvgIpc) is 3.28. The first-order chi connectivity index (χ1) is 13.4. The molecule has 6 nitrogen and oxygen atoms in total. The number of nitrogens with one attached hydrogen (secondary N) is 1. The van der Waals surface area contributed by atoms with Gasteiger partial charge in [0.25, 0.3) is 5.91 Å². The molecule has 1 fully saturated rings. The molecule has 2 amide bonds. The molecule has 1 aliphatic carbocycles. The van der Waals surface area contributed by atoms with E-state index in [9.17, 15) is 9.59 Å². The Bertz CT molecular complexity index is 907. The minimum absolute atomic E-state index is 0.0527. The molecule has 4 rings (SSSR count). The highest BCUT2D eigenvalue weighted by molar-refractivity contribution is 6.35. The van der Waals surface area contributed by atoms with Crippen LogP contribution in [-0.4, -0.2) is 39.1 Å². The summed E-state index contributed by atoms with van der Waals surface area (Å²) in [6, 6.07) is 4.23. The number of hydrogen-bond acceptors (Lipinski definition) is 3. The second-order valence-electron chi connectivity index (χ2n) is 7.44. The fourth-order valence-electron chi connectivity index (χ4n) is 4.25. The van der Waals surface area contributed by atoms with E-state index in [-0.39, 0.29) is 17.9 Å². The lowest BCUT2D eigenvalue weighted by atomic mass is 9.92. The summed E-state index contributed by atoms with van der Waals surface area (Å²) in [6.45, 7) is 0.545. The molecule has 0 saturated carbocycles. The summed E-state index contributed by atoms with van der Waals surface area (Å²) >= 11 is 12.1. The van der Waals surface area contributed by atoms with Crippen LogP contribution in [0.2, 0.25) is 10.0 Å². The summed E-state index contributed by atoms with van der Waals surface area (Å²) in [5.74, 6) is -0.326. The standard InChI is InChI=1S/C20H22Cl2N4O2/c1-25-17-5-2-4-16(15(17)11-23-25)24-19(27)18-6-3-7-26(18)20(28)12-8-13(21)10-14(22)9-12/h8-11,16,18H,2-7H2,1H3,(H,24,27). The molecule has 148 valence electrons. The van der Waals surface area contributed by atoms with Crippen molar-refractivity contribution < 1.29 is 9.59 Å². The van der Waals surface area contributed by atoms with Crippen LogP contribution in [0.3, 0.4) is 0 Å². The largest absolute Gasteiger partial charge is 0.347 e. The first kappa shape index (κ1) is 19.3. The molecule has 1 N–H and O–H groups in total. The fourth-order valence-corrected chi connectivity index (χ4v) is 4.78. The maximum atomic E-state index is 13.0. The van der Waals surface area contributed by atoms with E-state index < -0.39 is 6.04 Å². The van der Waals surface area contributed by atoms with Crippen molar-refractivity contribution in [2.45, 2.75) is 44.2 Å². The smallest absolute Gasteiger partial charge is 0.254 e. The highest BCUT2D eigenvalue weighted by atomic mass is 35.5. The first-order valence-corrected chi connectivity index (χ1v) is 10.3. The van der Waals surface area contributed by atoms with Gasteiger partial charge in [0.15, 0.2) is 0 Å². The molecule has 2 heterocycles. The lowest BCUT2D eigenvalue weighted by molar-refractivity contribution is -0.125. The average molecular weight is 421 g/mol. The summed E-state index contributed by atoms with van der Waals surface area (Å²) in [6.07, 6.45) is 6.15. The number of aromatic nitrogens is 2. The van der Waals surface area contributed by atoms with Gasteiger partial charge in [-0.05, 0) is 50.3 Å². The molecular weight excluding hydrogens is 399 g/mol. The zero-order valence-electron chi connectivity index (χ0n) is 15.6. The molecule has 28 heavy (non-hydrogen) atoms. The number of aryl methyl sites for hydroxylation is 1. The van der Waals surface area contributed by atoms with E-state index in [0.29, 0.717) is 28.6 Å². The number of halogens is 2. The fraction of sp³-hybridized carbons (Fsp3) is 0.450. The normalized spacial score (nSPS) is 21.5. The number of amides is 2. The van der Waals surface area contributed by atoms with Crippen molar-refractivity contribution in [2.75, 3.05) is 6.54 Å². The van der Waals surface area contributed by atoms with E-state index >= 15 is 0 Å². The Labute approximate surface area is 173 Å². The SMILES string of the molecule is Cn1ncc2c1CCCC2NC(=O)C1CCCN1C(=O)c1cc(Cl)cc(Cl)c1. The van der Waals surface area contributed by atoms with Crippen molar-refractivity contribution in [2.24, 2.45) is 7.05 Å². The minimum atomic E-state index is -0.479. The van der Waals surface area contributed by atoms with Crippen molar-refractivity contribution in [3.63, 3.8) is 0 Å². The van der Waals surface area contributed by atoms with E-state index in [0.717, 1.165) is 31.2 Å². The number of nitrogens with zero attached hydrogens (tertiary/aromatic N) is 3. The van der Waals surface area contributed by atoms with Gasteiger partial charge in [-0.15, -0.1) is 0 Å². The molecule has 0 spiro atoms. The number of carbonyl (C=O) groups excluding carboxylic acids is 2. The van der Waals surface area contributed by atoms with Crippen LogP contribution < -0.4 is 5.32 Å². The van der Waals surface area contributed by atoms with E-state index in [1.807, 2.05) is 17.9 Å². The van der Waals surface area contributed by atoms with Gasteiger partial charge >= 0.3 is 0 Å². The number of rotatable bonds is 3. The molecule has 8 heteroatoms. The van der Waals surface area contributed by atoms with Crippen molar-refractivity contribution in [3.05, 3.63) is 51.3 Å². The minimum Gasteiger partial charge on any atom is -0.347 e. The Morgan fingerprint density at radius 1 is 1.14 bits per heavy atom. The summed E-state index contributed by atoms with van der Waals surface area (Å²) in [4.78, 5) is 27.6. The number of hydrogen-bond donors (Lipinski definition) is 1. The van der Waals surface area contributed by atoms with Crippen LogP contribution in [0.4, 0.5) is 0 Å². The maximum absolute atomic E-state index is 13.0. The van der Waals surface area contributed by atoms with Crippen LogP contribution >= 0.6 is 23.2 Å². The maximum Gasteiger partial charge on any atom is 0.254 e. The molecule has 1 aliphatic heterocycles. The summed E-state index contributed by atoms with van der Waals surface area (Å²) in [7, 11) is 1.93. The molecule has 2 aliphatic rings. The Morgan fingerprint density at radius 2 is 1.89 bits per heavy atom. The van der Waals surface area contributed by atoms with Gasteiger partial charge in [0.2, 0.25) is 5.91 Å². The molecule has 2 atom stereocenters. The van der Waals surface area contributed by atoms with Crippen LogP contribution in [0.25, 0.3) is 0 Å². The topological polar surface area (TPSA) is 67.2 Å².